The number of thiazole rings is 2. The minimum Gasteiger partial charge on any atom is -0.383 e. The van der Waals surface area contributed by atoms with Crippen molar-refractivity contribution < 1.29 is 0 Å². The maximum absolute atomic E-state index is 5.88. The van der Waals surface area contributed by atoms with Crippen molar-refractivity contribution in [2.45, 2.75) is 6.42 Å². The summed E-state index contributed by atoms with van der Waals surface area (Å²) in [6.07, 6.45) is 4.15. The monoisotopic (exact) mass is 358 g/mol. The standard InChI is InChI=1S/C14H14N8S2/c15-11-8(4-16-7-19-11)12-20-9(5-23-12)10-6-24-14(21-10)22-13-17-2-1-3-18-13/h4-7H,1-3H2,(H2,15,16,19)(H2,17,18,21,22). The van der Waals surface area contributed by atoms with E-state index >= 15 is 0 Å². The minimum absolute atomic E-state index is 0.424. The number of anilines is 2. The maximum Gasteiger partial charge on any atom is 0.197 e. The third kappa shape index (κ3) is 3.05. The molecule has 0 unspecified atom stereocenters. The summed E-state index contributed by atoms with van der Waals surface area (Å²) >= 11 is 3.01. The number of hydrogen-bond acceptors (Lipinski definition) is 10. The number of guanidine groups is 1. The summed E-state index contributed by atoms with van der Waals surface area (Å²) in [6, 6.07) is 0. The summed E-state index contributed by atoms with van der Waals surface area (Å²) in [5, 5.41) is 11.9. The van der Waals surface area contributed by atoms with E-state index in [1.165, 1.54) is 29.0 Å². The van der Waals surface area contributed by atoms with Crippen LogP contribution in [0.5, 0.6) is 0 Å². The molecule has 3 aromatic heterocycles. The molecule has 24 heavy (non-hydrogen) atoms. The number of nitrogens with one attached hydrogen (secondary N) is 2. The molecule has 8 nitrogen and oxygen atoms in total. The number of nitrogens with two attached hydrogens (primary N) is 1. The van der Waals surface area contributed by atoms with Crippen molar-refractivity contribution in [3.05, 3.63) is 23.3 Å². The van der Waals surface area contributed by atoms with Gasteiger partial charge >= 0.3 is 0 Å². The number of aromatic nitrogens is 4. The number of nitrogens with zero attached hydrogens (tertiary/aromatic N) is 5. The molecule has 4 N–H and O–H groups in total. The van der Waals surface area contributed by atoms with Gasteiger partial charge in [-0.15, -0.1) is 22.7 Å². The van der Waals surface area contributed by atoms with Gasteiger partial charge in [-0.05, 0) is 6.42 Å². The highest BCUT2D eigenvalue weighted by atomic mass is 32.1. The lowest BCUT2D eigenvalue weighted by atomic mass is 10.3. The van der Waals surface area contributed by atoms with Crippen molar-refractivity contribution in [3.63, 3.8) is 0 Å². The van der Waals surface area contributed by atoms with E-state index in [1.54, 1.807) is 6.20 Å². The highest BCUT2D eigenvalue weighted by Gasteiger charge is 2.13. The molecule has 122 valence electrons. The van der Waals surface area contributed by atoms with Crippen LogP contribution in [0.15, 0.2) is 28.3 Å². The van der Waals surface area contributed by atoms with E-state index in [2.05, 4.69) is 35.6 Å². The predicted octanol–water partition coefficient (Wildman–Crippen LogP) is 2.07. The largest absolute Gasteiger partial charge is 0.383 e. The van der Waals surface area contributed by atoms with E-state index in [0.29, 0.717) is 5.82 Å². The molecule has 0 saturated heterocycles. The van der Waals surface area contributed by atoms with Gasteiger partial charge in [-0.25, -0.2) is 19.9 Å². The zero-order valence-electron chi connectivity index (χ0n) is 12.6. The molecule has 0 aromatic carbocycles. The van der Waals surface area contributed by atoms with E-state index in [-0.39, 0.29) is 0 Å². The third-order valence-electron chi connectivity index (χ3n) is 3.37. The second-order valence-electron chi connectivity index (χ2n) is 5.03. The molecule has 0 amide bonds. The Labute approximate surface area is 145 Å². The summed E-state index contributed by atoms with van der Waals surface area (Å²) in [5.74, 6) is 1.20. The van der Waals surface area contributed by atoms with Gasteiger partial charge in [-0.3, -0.25) is 4.99 Å². The number of nitrogen functional groups attached to an aromatic ring is 1. The van der Waals surface area contributed by atoms with Gasteiger partial charge in [0.2, 0.25) is 0 Å². The Morgan fingerprint density at radius 2 is 2.04 bits per heavy atom. The Bertz CT molecular complexity index is 884. The molecule has 4 heterocycles. The highest BCUT2D eigenvalue weighted by molar-refractivity contribution is 7.14. The van der Waals surface area contributed by atoms with Crippen molar-refractivity contribution in [1.29, 1.82) is 0 Å². The van der Waals surface area contributed by atoms with E-state index < -0.39 is 0 Å². The van der Waals surface area contributed by atoms with E-state index in [0.717, 1.165) is 52.6 Å². The predicted molar refractivity (Wildman–Crippen MR) is 97.2 cm³/mol. The van der Waals surface area contributed by atoms with Crippen LogP contribution in [0, 0.1) is 0 Å². The SMILES string of the molecule is Nc1ncncc1-c1nc(-c2csc(NC3=NCCCN3)n2)cs1. The first-order chi connectivity index (χ1) is 11.8. The molecule has 0 atom stereocenters. The summed E-state index contributed by atoms with van der Waals surface area (Å²) in [5.41, 5.74) is 8.24. The van der Waals surface area contributed by atoms with Crippen LogP contribution in [0.25, 0.3) is 22.0 Å². The fourth-order valence-corrected chi connectivity index (χ4v) is 3.72. The van der Waals surface area contributed by atoms with Crippen LogP contribution < -0.4 is 16.4 Å². The van der Waals surface area contributed by atoms with Crippen molar-refractivity contribution in [2.75, 3.05) is 24.1 Å². The number of hydrogen-bond donors (Lipinski definition) is 3. The van der Waals surface area contributed by atoms with Crippen molar-refractivity contribution in [3.8, 4) is 22.0 Å². The van der Waals surface area contributed by atoms with Gasteiger partial charge in [0, 0.05) is 30.0 Å². The first kappa shape index (κ1) is 15.0. The topological polar surface area (TPSA) is 114 Å². The van der Waals surface area contributed by atoms with Crippen LogP contribution in [0.3, 0.4) is 0 Å². The molecule has 1 aliphatic heterocycles. The summed E-state index contributed by atoms with van der Waals surface area (Å²) in [7, 11) is 0. The van der Waals surface area contributed by atoms with Crippen molar-refractivity contribution >= 4 is 39.6 Å². The van der Waals surface area contributed by atoms with Gasteiger partial charge in [0.25, 0.3) is 0 Å². The summed E-state index contributed by atoms with van der Waals surface area (Å²) in [4.78, 5) is 21.6. The second-order valence-corrected chi connectivity index (χ2v) is 6.75. The summed E-state index contributed by atoms with van der Waals surface area (Å²) in [6.45, 7) is 1.77. The highest BCUT2D eigenvalue weighted by Crippen LogP contribution is 2.32. The molecule has 0 aliphatic carbocycles. The third-order valence-corrected chi connectivity index (χ3v) is 5.00. The van der Waals surface area contributed by atoms with E-state index in [1.807, 2.05) is 10.8 Å². The molecule has 0 radical (unpaired) electrons. The van der Waals surface area contributed by atoms with Gasteiger partial charge in [0.05, 0.1) is 5.56 Å². The van der Waals surface area contributed by atoms with E-state index in [4.69, 9.17) is 5.73 Å². The fourth-order valence-electron chi connectivity index (χ4n) is 2.19. The summed E-state index contributed by atoms with van der Waals surface area (Å²) < 4.78 is 0. The lowest BCUT2D eigenvalue weighted by Gasteiger charge is -2.13. The average molecular weight is 358 g/mol. The Morgan fingerprint density at radius 3 is 2.88 bits per heavy atom. The van der Waals surface area contributed by atoms with Crippen LogP contribution in [-0.4, -0.2) is 39.0 Å². The van der Waals surface area contributed by atoms with Gasteiger partial charge < -0.3 is 16.4 Å². The fraction of sp³-hybridized carbons (Fsp3) is 0.214. The Morgan fingerprint density at radius 1 is 1.17 bits per heavy atom. The average Bonchev–Trinajstić information content (AvgIpc) is 3.25. The quantitative estimate of drug-likeness (QED) is 0.656. The van der Waals surface area contributed by atoms with Crippen LogP contribution >= 0.6 is 22.7 Å². The van der Waals surface area contributed by atoms with Crippen LogP contribution in [0.4, 0.5) is 10.9 Å². The molecule has 4 rings (SSSR count). The first-order valence-electron chi connectivity index (χ1n) is 7.32. The second kappa shape index (κ2) is 6.49. The molecule has 3 aromatic rings. The molecule has 0 fully saturated rings. The minimum atomic E-state index is 0.424. The van der Waals surface area contributed by atoms with Gasteiger partial charge in [0.1, 0.15) is 28.5 Å². The molecule has 0 spiro atoms. The Hall–Kier alpha value is -2.59. The lowest BCUT2D eigenvalue weighted by Crippen LogP contribution is -2.35. The number of aliphatic imine (C=N–C) groups is 1. The van der Waals surface area contributed by atoms with Gasteiger partial charge in [-0.2, -0.15) is 0 Å². The molecule has 10 heteroatoms. The molecule has 0 saturated carbocycles. The molecular formula is C14H14N8S2. The zero-order chi connectivity index (χ0) is 16.4. The zero-order valence-corrected chi connectivity index (χ0v) is 14.2. The van der Waals surface area contributed by atoms with Crippen LogP contribution in [0.2, 0.25) is 0 Å². The van der Waals surface area contributed by atoms with Crippen molar-refractivity contribution in [1.82, 2.24) is 25.3 Å². The van der Waals surface area contributed by atoms with Crippen molar-refractivity contribution in [2.24, 2.45) is 4.99 Å². The van der Waals surface area contributed by atoms with Gasteiger partial charge in [-0.1, -0.05) is 0 Å². The van der Waals surface area contributed by atoms with E-state index in [9.17, 15) is 0 Å². The Kier molecular flexibility index (Phi) is 4.05. The smallest absolute Gasteiger partial charge is 0.197 e. The lowest BCUT2D eigenvalue weighted by molar-refractivity contribution is 0.740. The van der Waals surface area contributed by atoms with Crippen LogP contribution in [-0.2, 0) is 0 Å². The van der Waals surface area contributed by atoms with Crippen LogP contribution in [0.1, 0.15) is 6.42 Å². The number of rotatable bonds is 3. The molecule has 1 aliphatic rings. The first-order valence-corrected chi connectivity index (χ1v) is 9.08. The maximum atomic E-state index is 5.88. The molecular weight excluding hydrogens is 344 g/mol. The Balaban J connectivity index is 1.55. The molecule has 0 bridgehead atoms. The normalized spacial score (nSPS) is 14.1. The van der Waals surface area contributed by atoms with Gasteiger partial charge in [0.15, 0.2) is 11.1 Å².